The Morgan fingerprint density at radius 3 is 2.61 bits per heavy atom. The van der Waals surface area contributed by atoms with Gasteiger partial charge in [-0.15, -0.1) is 0 Å². The minimum Gasteiger partial charge on any atom is -0.481 e. The van der Waals surface area contributed by atoms with Crippen LogP contribution in [0.4, 0.5) is 0 Å². The highest BCUT2D eigenvalue weighted by atomic mass is 35.5. The Kier molecular flexibility index (Phi) is 3.78. The number of likely N-dealkylation sites (tertiary alicyclic amines) is 1. The fraction of sp³-hybridized carbons (Fsp3) is 0.333. The molecule has 18 heavy (non-hydrogen) atoms. The number of amides is 1. The van der Waals surface area contributed by atoms with E-state index in [1.165, 1.54) is 0 Å². The third kappa shape index (κ3) is 2.60. The van der Waals surface area contributed by atoms with Gasteiger partial charge in [-0.2, -0.15) is 0 Å². The maximum Gasteiger partial charge on any atom is 0.303 e. The molecule has 1 fully saturated rings. The number of carbonyl (C=O) groups is 2. The summed E-state index contributed by atoms with van der Waals surface area (Å²) >= 11 is 11.8. The Balaban J connectivity index is 2.02. The van der Waals surface area contributed by atoms with Crippen LogP contribution in [0.1, 0.15) is 16.8 Å². The summed E-state index contributed by atoms with van der Waals surface area (Å²) in [5.41, 5.74) is 0.359. The number of halogens is 2. The van der Waals surface area contributed by atoms with Crippen LogP contribution in [0.25, 0.3) is 0 Å². The molecule has 1 aliphatic heterocycles. The van der Waals surface area contributed by atoms with E-state index in [2.05, 4.69) is 0 Å². The van der Waals surface area contributed by atoms with E-state index in [-0.39, 0.29) is 23.3 Å². The largest absolute Gasteiger partial charge is 0.481 e. The minimum atomic E-state index is -0.840. The van der Waals surface area contributed by atoms with E-state index in [0.29, 0.717) is 23.7 Å². The maximum absolute atomic E-state index is 12.1. The molecule has 1 aliphatic rings. The molecule has 1 heterocycles. The number of carboxylic acids is 1. The number of carbonyl (C=O) groups excluding carboxylic acids is 1. The number of hydrogen-bond acceptors (Lipinski definition) is 2. The summed E-state index contributed by atoms with van der Waals surface area (Å²) in [7, 11) is 0. The van der Waals surface area contributed by atoms with Gasteiger partial charge in [0, 0.05) is 19.0 Å². The minimum absolute atomic E-state index is 0.0319. The lowest BCUT2D eigenvalue weighted by Gasteiger charge is -2.38. The molecule has 1 saturated heterocycles. The van der Waals surface area contributed by atoms with Crippen molar-refractivity contribution in [1.29, 1.82) is 0 Å². The van der Waals surface area contributed by atoms with E-state index in [4.69, 9.17) is 28.3 Å². The number of benzene rings is 1. The van der Waals surface area contributed by atoms with Gasteiger partial charge in [-0.3, -0.25) is 9.59 Å². The van der Waals surface area contributed by atoms with Gasteiger partial charge in [0.25, 0.3) is 5.91 Å². The van der Waals surface area contributed by atoms with Crippen molar-refractivity contribution >= 4 is 35.1 Å². The lowest BCUT2D eigenvalue weighted by atomic mass is 9.95. The van der Waals surface area contributed by atoms with Crippen molar-refractivity contribution < 1.29 is 14.7 Å². The van der Waals surface area contributed by atoms with Crippen molar-refractivity contribution in [3.63, 3.8) is 0 Å². The summed E-state index contributed by atoms with van der Waals surface area (Å²) in [6.07, 6.45) is 0.0903. The van der Waals surface area contributed by atoms with Crippen LogP contribution >= 0.6 is 23.2 Å². The van der Waals surface area contributed by atoms with Gasteiger partial charge in [-0.05, 0) is 12.1 Å². The zero-order valence-electron chi connectivity index (χ0n) is 9.40. The molecule has 1 aromatic rings. The highest BCUT2D eigenvalue weighted by molar-refractivity contribution is 6.43. The Morgan fingerprint density at radius 2 is 2.00 bits per heavy atom. The quantitative estimate of drug-likeness (QED) is 0.929. The molecule has 0 aliphatic carbocycles. The molecular weight excluding hydrogens is 277 g/mol. The van der Waals surface area contributed by atoms with Gasteiger partial charge >= 0.3 is 5.97 Å². The fourth-order valence-electron chi connectivity index (χ4n) is 1.95. The first kappa shape index (κ1) is 13.2. The molecule has 0 saturated carbocycles. The van der Waals surface area contributed by atoms with E-state index in [0.717, 1.165) is 0 Å². The summed E-state index contributed by atoms with van der Waals surface area (Å²) in [5, 5.41) is 9.21. The molecule has 0 spiro atoms. The van der Waals surface area contributed by atoms with E-state index in [1.54, 1.807) is 23.1 Å². The van der Waals surface area contributed by atoms with Crippen LogP contribution in [-0.2, 0) is 4.79 Å². The number of nitrogens with zero attached hydrogens (tertiary/aromatic N) is 1. The van der Waals surface area contributed by atoms with Crippen molar-refractivity contribution in [3.8, 4) is 0 Å². The molecule has 0 unspecified atom stereocenters. The molecule has 1 aromatic carbocycles. The van der Waals surface area contributed by atoms with Gasteiger partial charge in [0.1, 0.15) is 0 Å². The van der Waals surface area contributed by atoms with Crippen molar-refractivity contribution in [1.82, 2.24) is 4.90 Å². The Hall–Kier alpha value is -1.26. The predicted molar refractivity (Wildman–Crippen MR) is 68.1 cm³/mol. The van der Waals surface area contributed by atoms with Crippen LogP contribution in [0.2, 0.25) is 10.0 Å². The predicted octanol–water partition coefficient (Wildman–Crippen LogP) is 2.54. The molecular formula is C12H11Cl2NO3. The summed E-state index contributed by atoms with van der Waals surface area (Å²) in [6, 6.07) is 4.89. The summed E-state index contributed by atoms with van der Waals surface area (Å²) in [6.45, 7) is 0.905. The normalized spacial score (nSPS) is 15.3. The second-order valence-corrected chi connectivity index (χ2v) is 5.06. The van der Waals surface area contributed by atoms with Crippen LogP contribution in [0.5, 0.6) is 0 Å². The maximum atomic E-state index is 12.1. The molecule has 1 N–H and O–H groups in total. The number of hydrogen-bond donors (Lipinski definition) is 1. The SMILES string of the molecule is O=C(O)CC1CN(C(=O)c2cccc(Cl)c2Cl)C1. The standard InChI is InChI=1S/C12H11Cl2NO3/c13-9-3-1-2-8(11(9)14)12(18)15-5-7(6-15)4-10(16)17/h1-3,7H,4-6H2,(H,16,17). The van der Waals surface area contributed by atoms with E-state index in [9.17, 15) is 9.59 Å². The topological polar surface area (TPSA) is 57.6 Å². The second kappa shape index (κ2) is 5.16. The molecule has 0 bridgehead atoms. The second-order valence-electron chi connectivity index (χ2n) is 4.28. The van der Waals surface area contributed by atoms with Crippen molar-refractivity contribution in [3.05, 3.63) is 33.8 Å². The van der Waals surface area contributed by atoms with Crippen LogP contribution < -0.4 is 0 Å². The molecule has 0 atom stereocenters. The third-order valence-electron chi connectivity index (χ3n) is 2.89. The molecule has 96 valence electrons. The lowest BCUT2D eigenvalue weighted by molar-refractivity contribution is -0.139. The average Bonchev–Trinajstić information content (AvgIpc) is 2.25. The van der Waals surface area contributed by atoms with Crippen LogP contribution in [0, 0.1) is 5.92 Å². The number of aliphatic carboxylic acids is 1. The van der Waals surface area contributed by atoms with E-state index < -0.39 is 5.97 Å². The first-order valence-electron chi connectivity index (χ1n) is 5.44. The van der Waals surface area contributed by atoms with E-state index >= 15 is 0 Å². The van der Waals surface area contributed by atoms with Gasteiger partial charge in [0.2, 0.25) is 0 Å². The Bertz CT molecular complexity index is 498. The zero-order chi connectivity index (χ0) is 13.3. The number of carboxylic acid groups (broad SMARTS) is 1. The number of rotatable bonds is 3. The lowest BCUT2D eigenvalue weighted by Crippen LogP contribution is -2.50. The summed E-state index contributed by atoms with van der Waals surface area (Å²) in [5.74, 6) is -1.01. The van der Waals surface area contributed by atoms with Crippen molar-refractivity contribution in [2.75, 3.05) is 13.1 Å². The van der Waals surface area contributed by atoms with E-state index in [1.807, 2.05) is 0 Å². The van der Waals surface area contributed by atoms with Crippen LogP contribution in [-0.4, -0.2) is 35.0 Å². The van der Waals surface area contributed by atoms with Crippen molar-refractivity contribution in [2.45, 2.75) is 6.42 Å². The van der Waals surface area contributed by atoms with Crippen LogP contribution in [0.3, 0.4) is 0 Å². The Morgan fingerprint density at radius 1 is 1.33 bits per heavy atom. The fourth-order valence-corrected chi connectivity index (χ4v) is 2.33. The smallest absolute Gasteiger partial charge is 0.303 e. The molecule has 2 rings (SSSR count). The van der Waals surface area contributed by atoms with Gasteiger partial charge < -0.3 is 10.0 Å². The highest BCUT2D eigenvalue weighted by Crippen LogP contribution is 2.29. The van der Waals surface area contributed by atoms with Gasteiger partial charge in [0.15, 0.2) is 0 Å². The van der Waals surface area contributed by atoms with Gasteiger partial charge in [-0.25, -0.2) is 0 Å². The highest BCUT2D eigenvalue weighted by Gasteiger charge is 2.33. The molecule has 1 amide bonds. The molecule has 0 radical (unpaired) electrons. The average molecular weight is 288 g/mol. The van der Waals surface area contributed by atoms with Gasteiger partial charge in [0.05, 0.1) is 22.0 Å². The molecule has 4 nitrogen and oxygen atoms in total. The molecule has 0 aromatic heterocycles. The summed E-state index contributed by atoms with van der Waals surface area (Å²) in [4.78, 5) is 24.1. The van der Waals surface area contributed by atoms with Crippen molar-refractivity contribution in [2.24, 2.45) is 5.92 Å². The first-order valence-corrected chi connectivity index (χ1v) is 6.19. The third-order valence-corrected chi connectivity index (χ3v) is 3.71. The first-order chi connectivity index (χ1) is 8.49. The summed E-state index contributed by atoms with van der Waals surface area (Å²) < 4.78 is 0. The molecule has 6 heteroatoms. The Labute approximate surface area is 114 Å². The zero-order valence-corrected chi connectivity index (χ0v) is 10.9. The van der Waals surface area contributed by atoms with Gasteiger partial charge in [-0.1, -0.05) is 29.3 Å². The monoisotopic (exact) mass is 287 g/mol. The van der Waals surface area contributed by atoms with Crippen LogP contribution in [0.15, 0.2) is 18.2 Å².